The number of nitrogens with one attached hydrogen (secondary N) is 1. The third kappa shape index (κ3) is 4.60. The van der Waals surface area contributed by atoms with Gasteiger partial charge in [-0.3, -0.25) is 0 Å². The molecule has 0 aliphatic carbocycles. The van der Waals surface area contributed by atoms with Gasteiger partial charge in [0.25, 0.3) is 6.01 Å². The molecule has 1 rings (SSSR count). The molecular formula is C12H23N3OS. The summed E-state index contributed by atoms with van der Waals surface area (Å²) in [7, 11) is 2.02. The van der Waals surface area contributed by atoms with Crippen LogP contribution in [0.4, 0.5) is 6.01 Å². The lowest BCUT2D eigenvalue weighted by Gasteiger charge is -2.21. The molecule has 17 heavy (non-hydrogen) atoms. The fourth-order valence-corrected chi connectivity index (χ4v) is 2.18. The number of anilines is 1. The second-order valence-corrected chi connectivity index (χ2v) is 5.12. The topological polar surface area (TPSA) is 41.3 Å². The first-order chi connectivity index (χ1) is 8.19. The van der Waals surface area contributed by atoms with E-state index in [4.69, 9.17) is 4.42 Å². The van der Waals surface area contributed by atoms with Crippen molar-refractivity contribution in [3.8, 4) is 0 Å². The SMILES string of the molecule is CCCNCc1coc(N(C)C(C)CSC)n1. The third-order valence-corrected chi connectivity index (χ3v) is 3.46. The van der Waals surface area contributed by atoms with Crippen LogP contribution < -0.4 is 10.2 Å². The van der Waals surface area contributed by atoms with Crippen LogP contribution in [0.5, 0.6) is 0 Å². The zero-order valence-corrected chi connectivity index (χ0v) is 12.0. The number of nitrogens with zero attached hydrogens (tertiary/aromatic N) is 2. The van der Waals surface area contributed by atoms with E-state index in [2.05, 4.69) is 35.3 Å². The summed E-state index contributed by atoms with van der Waals surface area (Å²) in [5.41, 5.74) is 0.969. The van der Waals surface area contributed by atoms with Crippen LogP contribution in [0.3, 0.4) is 0 Å². The first-order valence-electron chi connectivity index (χ1n) is 6.06. The minimum Gasteiger partial charge on any atom is -0.432 e. The van der Waals surface area contributed by atoms with Crippen molar-refractivity contribution < 1.29 is 4.42 Å². The Morgan fingerprint density at radius 3 is 3.00 bits per heavy atom. The number of hydrogen-bond donors (Lipinski definition) is 1. The highest BCUT2D eigenvalue weighted by Crippen LogP contribution is 2.16. The molecule has 0 aliphatic rings. The maximum atomic E-state index is 5.49. The summed E-state index contributed by atoms with van der Waals surface area (Å²) in [5, 5.41) is 3.31. The number of hydrogen-bond acceptors (Lipinski definition) is 5. The second-order valence-electron chi connectivity index (χ2n) is 4.21. The predicted octanol–water partition coefficient (Wildman–Crippen LogP) is 2.36. The Balaban J connectivity index is 2.48. The van der Waals surface area contributed by atoms with E-state index < -0.39 is 0 Å². The molecule has 1 aromatic heterocycles. The Hall–Kier alpha value is -0.680. The van der Waals surface area contributed by atoms with Crippen molar-refractivity contribution in [2.75, 3.05) is 30.5 Å². The van der Waals surface area contributed by atoms with Gasteiger partial charge in [-0.15, -0.1) is 0 Å². The van der Waals surface area contributed by atoms with Gasteiger partial charge in [-0.1, -0.05) is 6.92 Å². The van der Waals surface area contributed by atoms with Gasteiger partial charge in [0.15, 0.2) is 0 Å². The Morgan fingerprint density at radius 1 is 1.59 bits per heavy atom. The molecule has 1 unspecified atom stereocenters. The molecule has 1 N–H and O–H groups in total. The van der Waals surface area contributed by atoms with Crippen molar-refractivity contribution in [3.63, 3.8) is 0 Å². The van der Waals surface area contributed by atoms with Crippen LogP contribution >= 0.6 is 11.8 Å². The van der Waals surface area contributed by atoms with Crippen LogP contribution in [-0.4, -0.2) is 36.6 Å². The van der Waals surface area contributed by atoms with Crippen LogP contribution in [0.25, 0.3) is 0 Å². The van der Waals surface area contributed by atoms with E-state index >= 15 is 0 Å². The van der Waals surface area contributed by atoms with Gasteiger partial charge in [-0.25, -0.2) is 0 Å². The summed E-state index contributed by atoms with van der Waals surface area (Å²) in [4.78, 5) is 6.56. The first kappa shape index (κ1) is 14.4. The van der Waals surface area contributed by atoms with Crippen molar-refractivity contribution in [2.45, 2.75) is 32.9 Å². The van der Waals surface area contributed by atoms with Gasteiger partial charge in [0.1, 0.15) is 6.26 Å². The summed E-state index contributed by atoms with van der Waals surface area (Å²) in [6, 6.07) is 1.14. The molecule has 0 amide bonds. The molecular weight excluding hydrogens is 234 g/mol. The number of oxazole rings is 1. The zero-order chi connectivity index (χ0) is 12.7. The molecule has 0 spiro atoms. The minimum atomic E-state index is 0.431. The van der Waals surface area contributed by atoms with Crippen molar-refractivity contribution in [1.29, 1.82) is 0 Å². The van der Waals surface area contributed by atoms with E-state index in [0.29, 0.717) is 12.1 Å². The maximum Gasteiger partial charge on any atom is 0.297 e. The van der Waals surface area contributed by atoms with E-state index in [1.165, 1.54) is 0 Å². The van der Waals surface area contributed by atoms with Crippen LogP contribution in [-0.2, 0) is 6.54 Å². The van der Waals surface area contributed by atoms with E-state index in [-0.39, 0.29) is 0 Å². The van der Waals surface area contributed by atoms with Gasteiger partial charge < -0.3 is 14.6 Å². The molecule has 0 bridgehead atoms. The molecule has 0 saturated heterocycles. The third-order valence-electron chi connectivity index (χ3n) is 2.64. The van der Waals surface area contributed by atoms with Crippen molar-refractivity contribution in [3.05, 3.63) is 12.0 Å². The smallest absolute Gasteiger partial charge is 0.297 e. The van der Waals surface area contributed by atoms with Crippen LogP contribution in [0.2, 0.25) is 0 Å². The maximum absolute atomic E-state index is 5.49. The fraction of sp³-hybridized carbons (Fsp3) is 0.750. The molecule has 4 nitrogen and oxygen atoms in total. The van der Waals surface area contributed by atoms with Gasteiger partial charge in [0.2, 0.25) is 0 Å². The summed E-state index contributed by atoms with van der Waals surface area (Å²) in [6.45, 7) is 6.12. The summed E-state index contributed by atoms with van der Waals surface area (Å²) in [6.07, 6.45) is 4.98. The average Bonchev–Trinajstić information content (AvgIpc) is 2.77. The second kappa shape index (κ2) is 7.61. The van der Waals surface area contributed by atoms with Crippen LogP contribution in [0.15, 0.2) is 10.7 Å². The average molecular weight is 257 g/mol. The standard InChI is InChI=1S/C12H23N3OS/c1-5-6-13-7-11-8-16-12(14-11)15(3)10(2)9-17-4/h8,10,13H,5-7,9H2,1-4H3. The Labute approximate surface area is 108 Å². The largest absolute Gasteiger partial charge is 0.432 e. The van der Waals surface area contributed by atoms with Gasteiger partial charge in [-0.05, 0) is 26.1 Å². The molecule has 5 heteroatoms. The highest BCUT2D eigenvalue weighted by atomic mass is 32.2. The number of rotatable bonds is 8. The highest BCUT2D eigenvalue weighted by molar-refractivity contribution is 7.98. The van der Waals surface area contributed by atoms with Gasteiger partial charge >= 0.3 is 0 Å². The minimum absolute atomic E-state index is 0.431. The van der Waals surface area contributed by atoms with Crippen molar-refractivity contribution >= 4 is 17.8 Å². The lowest BCUT2D eigenvalue weighted by atomic mass is 10.4. The number of aromatic nitrogens is 1. The van der Waals surface area contributed by atoms with Gasteiger partial charge in [0.05, 0.1) is 5.69 Å². The summed E-state index contributed by atoms with van der Waals surface area (Å²) < 4.78 is 5.49. The van der Waals surface area contributed by atoms with Crippen molar-refractivity contribution in [2.24, 2.45) is 0 Å². The molecule has 0 fully saturated rings. The molecule has 0 aliphatic heterocycles. The Bertz CT molecular complexity index is 316. The monoisotopic (exact) mass is 257 g/mol. The highest BCUT2D eigenvalue weighted by Gasteiger charge is 2.14. The molecule has 1 heterocycles. The quantitative estimate of drug-likeness (QED) is 0.724. The van der Waals surface area contributed by atoms with Crippen LogP contribution in [0, 0.1) is 0 Å². The van der Waals surface area contributed by atoms with Crippen LogP contribution in [0.1, 0.15) is 26.0 Å². The fourth-order valence-electron chi connectivity index (χ4n) is 1.47. The summed E-state index contributed by atoms with van der Waals surface area (Å²) >= 11 is 1.83. The first-order valence-corrected chi connectivity index (χ1v) is 7.45. The Morgan fingerprint density at radius 2 is 2.35 bits per heavy atom. The normalized spacial score (nSPS) is 12.7. The lowest BCUT2D eigenvalue weighted by Crippen LogP contribution is -2.31. The molecule has 0 saturated carbocycles. The van der Waals surface area contributed by atoms with E-state index in [1.54, 1.807) is 6.26 Å². The molecule has 98 valence electrons. The molecule has 1 aromatic rings. The van der Waals surface area contributed by atoms with Gasteiger partial charge in [-0.2, -0.15) is 16.7 Å². The van der Waals surface area contributed by atoms with Gasteiger partial charge in [0, 0.05) is 25.4 Å². The predicted molar refractivity (Wildman–Crippen MR) is 74.7 cm³/mol. The molecule has 0 aromatic carbocycles. The lowest BCUT2D eigenvalue weighted by molar-refractivity contribution is 0.529. The zero-order valence-electron chi connectivity index (χ0n) is 11.2. The van der Waals surface area contributed by atoms with E-state index in [9.17, 15) is 0 Å². The molecule has 0 radical (unpaired) electrons. The van der Waals surface area contributed by atoms with E-state index in [0.717, 1.165) is 31.0 Å². The van der Waals surface area contributed by atoms with E-state index in [1.807, 2.05) is 18.8 Å². The molecule has 1 atom stereocenters. The van der Waals surface area contributed by atoms with Crippen molar-refractivity contribution in [1.82, 2.24) is 10.3 Å². The summed E-state index contributed by atoms with van der Waals surface area (Å²) in [5.74, 6) is 1.07. The Kier molecular flexibility index (Phi) is 6.44. The number of thioether (sulfide) groups is 1.